The topological polar surface area (TPSA) is 69.0 Å². The van der Waals surface area contributed by atoms with Crippen LogP contribution in [0.4, 0.5) is 5.82 Å². The third kappa shape index (κ3) is 3.72. The maximum atomic E-state index is 12.3. The van der Waals surface area contributed by atoms with Crippen molar-refractivity contribution in [2.45, 2.75) is 25.8 Å². The molecular weight excluding hydrogens is 300 g/mol. The molecule has 1 aliphatic heterocycles. The van der Waals surface area contributed by atoms with Crippen LogP contribution < -0.4 is 10.2 Å². The smallest absolute Gasteiger partial charge is 0.251 e. The minimum absolute atomic E-state index is 0.145. The number of piperidine rings is 1. The van der Waals surface area contributed by atoms with Gasteiger partial charge in [-0.15, -0.1) is 0 Å². The number of hydrogen-bond donors (Lipinski definition) is 1. The number of amides is 1. The van der Waals surface area contributed by atoms with E-state index in [0.29, 0.717) is 17.7 Å². The van der Waals surface area contributed by atoms with Crippen molar-refractivity contribution in [3.8, 4) is 6.07 Å². The lowest BCUT2D eigenvalue weighted by atomic mass is 10.1. The molecule has 5 heteroatoms. The zero-order chi connectivity index (χ0) is 16.8. The quantitative estimate of drug-likeness (QED) is 0.940. The van der Waals surface area contributed by atoms with Gasteiger partial charge < -0.3 is 10.2 Å². The van der Waals surface area contributed by atoms with E-state index in [2.05, 4.69) is 15.2 Å². The van der Waals surface area contributed by atoms with Crippen LogP contribution in [0.2, 0.25) is 0 Å². The molecule has 1 aliphatic rings. The van der Waals surface area contributed by atoms with Crippen LogP contribution in [0.15, 0.2) is 42.6 Å². The molecule has 1 N–H and O–H groups in total. The molecule has 1 aromatic heterocycles. The van der Waals surface area contributed by atoms with Gasteiger partial charge in [0.15, 0.2) is 0 Å². The number of anilines is 1. The fraction of sp³-hybridized carbons (Fsp3) is 0.316. The number of rotatable bonds is 4. The maximum Gasteiger partial charge on any atom is 0.251 e. The predicted molar refractivity (Wildman–Crippen MR) is 92.6 cm³/mol. The summed E-state index contributed by atoms with van der Waals surface area (Å²) in [5.41, 5.74) is 2.13. The molecule has 1 amide bonds. The molecule has 1 aromatic carbocycles. The van der Waals surface area contributed by atoms with Gasteiger partial charge in [0.05, 0.1) is 11.6 Å². The summed E-state index contributed by atoms with van der Waals surface area (Å²) in [7, 11) is 0. The first-order valence-electron chi connectivity index (χ1n) is 8.25. The first kappa shape index (κ1) is 16.0. The lowest BCUT2D eigenvalue weighted by molar-refractivity contribution is 0.0951. The van der Waals surface area contributed by atoms with Gasteiger partial charge in [0.1, 0.15) is 5.82 Å². The summed E-state index contributed by atoms with van der Waals surface area (Å²) < 4.78 is 0. The standard InChI is InChI=1S/C19H20N4O/c20-13-15-6-8-16(9-7-15)19(24)22-14-17-5-4-10-21-18(17)23-11-2-1-3-12-23/h4-10H,1-3,11-12,14H2,(H,22,24). The SMILES string of the molecule is N#Cc1ccc(C(=O)NCc2cccnc2N2CCCCC2)cc1. The highest BCUT2D eigenvalue weighted by Gasteiger charge is 2.16. The Labute approximate surface area is 141 Å². The molecule has 2 aromatic rings. The van der Waals surface area contributed by atoms with Gasteiger partial charge in [-0.2, -0.15) is 5.26 Å². The van der Waals surface area contributed by atoms with E-state index in [4.69, 9.17) is 5.26 Å². The van der Waals surface area contributed by atoms with Crippen LogP contribution in [-0.4, -0.2) is 24.0 Å². The van der Waals surface area contributed by atoms with Crippen molar-refractivity contribution in [2.75, 3.05) is 18.0 Å². The summed E-state index contributed by atoms with van der Waals surface area (Å²) in [5.74, 6) is 0.824. The Morgan fingerprint density at radius 3 is 2.62 bits per heavy atom. The number of nitriles is 1. The second kappa shape index (κ2) is 7.60. The number of benzene rings is 1. The molecule has 0 bridgehead atoms. The molecule has 0 aliphatic carbocycles. The van der Waals surface area contributed by atoms with Crippen LogP contribution in [0.1, 0.15) is 40.7 Å². The highest BCUT2D eigenvalue weighted by molar-refractivity contribution is 5.94. The summed E-state index contributed by atoms with van der Waals surface area (Å²) in [5, 5.41) is 11.8. The molecule has 24 heavy (non-hydrogen) atoms. The lowest BCUT2D eigenvalue weighted by Crippen LogP contribution is -2.32. The Morgan fingerprint density at radius 1 is 1.17 bits per heavy atom. The van der Waals surface area contributed by atoms with Gasteiger partial charge in [-0.25, -0.2) is 4.98 Å². The molecule has 1 fully saturated rings. The summed E-state index contributed by atoms with van der Waals surface area (Å²) in [6, 6.07) is 12.6. The van der Waals surface area contributed by atoms with Gasteiger partial charge in [0, 0.05) is 37.0 Å². The van der Waals surface area contributed by atoms with E-state index >= 15 is 0 Å². The van der Waals surface area contributed by atoms with E-state index in [1.165, 1.54) is 19.3 Å². The summed E-state index contributed by atoms with van der Waals surface area (Å²) >= 11 is 0. The molecule has 0 atom stereocenters. The van der Waals surface area contributed by atoms with Crippen molar-refractivity contribution in [1.82, 2.24) is 10.3 Å². The fourth-order valence-electron chi connectivity index (χ4n) is 2.93. The second-order valence-electron chi connectivity index (χ2n) is 5.91. The monoisotopic (exact) mass is 320 g/mol. The Hall–Kier alpha value is -2.87. The van der Waals surface area contributed by atoms with Gasteiger partial charge in [-0.3, -0.25) is 4.79 Å². The van der Waals surface area contributed by atoms with Gasteiger partial charge in [-0.05, 0) is 49.6 Å². The van der Waals surface area contributed by atoms with E-state index in [-0.39, 0.29) is 5.91 Å². The van der Waals surface area contributed by atoms with E-state index < -0.39 is 0 Å². The third-order valence-corrected chi connectivity index (χ3v) is 4.24. The first-order chi connectivity index (χ1) is 11.8. The highest BCUT2D eigenvalue weighted by atomic mass is 16.1. The number of pyridine rings is 1. The number of carbonyl (C=O) groups is 1. The molecule has 0 saturated carbocycles. The highest BCUT2D eigenvalue weighted by Crippen LogP contribution is 2.21. The van der Waals surface area contributed by atoms with Crippen molar-refractivity contribution in [3.63, 3.8) is 0 Å². The average Bonchev–Trinajstić information content (AvgIpc) is 2.67. The van der Waals surface area contributed by atoms with E-state index in [9.17, 15) is 4.79 Å². The minimum atomic E-state index is -0.145. The second-order valence-corrected chi connectivity index (χ2v) is 5.91. The zero-order valence-electron chi connectivity index (χ0n) is 13.5. The summed E-state index contributed by atoms with van der Waals surface area (Å²) in [6.07, 6.45) is 5.45. The molecule has 2 heterocycles. The van der Waals surface area contributed by atoms with Gasteiger partial charge >= 0.3 is 0 Å². The van der Waals surface area contributed by atoms with Crippen LogP contribution in [0.3, 0.4) is 0 Å². The average molecular weight is 320 g/mol. The van der Waals surface area contributed by atoms with Crippen molar-refractivity contribution in [1.29, 1.82) is 5.26 Å². The van der Waals surface area contributed by atoms with E-state index in [1.54, 1.807) is 30.5 Å². The Morgan fingerprint density at radius 2 is 1.92 bits per heavy atom. The summed E-state index contributed by atoms with van der Waals surface area (Å²) in [4.78, 5) is 19.1. The van der Waals surface area contributed by atoms with Gasteiger partial charge in [-0.1, -0.05) is 6.07 Å². The molecule has 0 spiro atoms. The number of hydrogen-bond acceptors (Lipinski definition) is 4. The minimum Gasteiger partial charge on any atom is -0.356 e. The van der Waals surface area contributed by atoms with Crippen molar-refractivity contribution in [3.05, 3.63) is 59.3 Å². The Bertz CT molecular complexity index is 743. The molecule has 122 valence electrons. The number of nitrogens with one attached hydrogen (secondary N) is 1. The fourth-order valence-corrected chi connectivity index (χ4v) is 2.93. The lowest BCUT2D eigenvalue weighted by Gasteiger charge is -2.29. The van der Waals surface area contributed by atoms with Crippen LogP contribution >= 0.6 is 0 Å². The zero-order valence-corrected chi connectivity index (χ0v) is 13.5. The number of carbonyl (C=O) groups excluding carboxylic acids is 1. The van der Waals surface area contributed by atoms with E-state index in [1.807, 2.05) is 18.2 Å². The largest absolute Gasteiger partial charge is 0.356 e. The number of aromatic nitrogens is 1. The summed E-state index contributed by atoms with van der Waals surface area (Å²) in [6.45, 7) is 2.49. The van der Waals surface area contributed by atoms with E-state index in [0.717, 1.165) is 24.5 Å². The molecule has 0 unspecified atom stereocenters. The number of nitrogens with zero attached hydrogens (tertiary/aromatic N) is 3. The van der Waals surface area contributed by atoms with Crippen molar-refractivity contribution >= 4 is 11.7 Å². The third-order valence-electron chi connectivity index (χ3n) is 4.24. The first-order valence-corrected chi connectivity index (χ1v) is 8.25. The van der Waals surface area contributed by atoms with Crippen LogP contribution in [0.25, 0.3) is 0 Å². The molecule has 3 rings (SSSR count). The molecule has 5 nitrogen and oxygen atoms in total. The van der Waals surface area contributed by atoms with Crippen molar-refractivity contribution in [2.24, 2.45) is 0 Å². The Kier molecular flexibility index (Phi) is 5.07. The van der Waals surface area contributed by atoms with Gasteiger partial charge in [0.25, 0.3) is 5.91 Å². The van der Waals surface area contributed by atoms with Gasteiger partial charge in [0.2, 0.25) is 0 Å². The normalized spacial score (nSPS) is 14.0. The molecular formula is C19H20N4O. The van der Waals surface area contributed by atoms with Crippen LogP contribution in [0, 0.1) is 11.3 Å². The van der Waals surface area contributed by atoms with Crippen molar-refractivity contribution < 1.29 is 4.79 Å². The molecule has 1 saturated heterocycles. The predicted octanol–water partition coefficient (Wildman–Crippen LogP) is 2.87. The van der Waals surface area contributed by atoms with Crippen LogP contribution in [-0.2, 0) is 6.54 Å². The van der Waals surface area contributed by atoms with Crippen LogP contribution in [0.5, 0.6) is 0 Å². The molecule has 0 radical (unpaired) electrons. The Balaban J connectivity index is 1.67. The maximum absolute atomic E-state index is 12.3.